The molecule has 0 radical (unpaired) electrons. The van der Waals surface area contributed by atoms with E-state index in [9.17, 15) is 14.0 Å². The minimum atomic E-state index is -0.330. The second kappa shape index (κ2) is 11.0. The largest absolute Gasteiger partial charge is 0.495 e. The van der Waals surface area contributed by atoms with Gasteiger partial charge in [-0.2, -0.15) is 0 Å². The third-order valence-electron chi connectivity index (χ3n) is 6.29. The summed E-state index contributed by atoms with van der Waals surface area (Å²) in [4.78, 5) is 29.7. The molecule has 0 saturated carbocycles. The van der Waals surface area contributed by atoms with Gasteiger partial charge in [-0.15, -0.1) is 0 Å². The molecule has 3 amide bonds. The van der Waals surface area contributed by atoms with Crippen LogP contribution in [-0.4, -0.2) is 37.0 Å². The van der Waals surface area contributed by atoms with Crippen LogP contribution in [0.3, 0.4) is 0 Å². The van der Waals surface area contributed by atoms with E-state index in [1.807, 2.05) is 37.3 Å². The first-order valence-electron chi connectivity index (χ1n) is 11.9. The van der Waals surface area contributed by atoms with E-state index < -0.39 is 0 Å². The van der Waals surface area contributed by atoms with Crippen LogP contribution in [0.15, 0.2) is 72.8 Å². The van der Waals surface area contributed by atoms with Crippen LogP contribution in [0.5, 0.6) is 5.75 Å². The number of halogens is 1. The quantitative estimate of drug-likeness (QED) is 0.448. The van der Waals surface area contributed by atoms with E-state index in [4.69, 9.17) is 4.74 Å². The standard InChI is InChI=1S/C28H30FN3O3/c1-3-23(20-10-5-4-6-11-20)27(33)30-22-14-15-26(35-2)25(18-22)32-17-9-16-31(28(32)34)19-21-12-7-8-13-24(21)29/h4-8,10-15,18,23H,3,9,16-17,19H2,1-2H3,(H,30,33). The summed E-state index contributed by atoms with van der Waals surface area (Å²) in [5, 5.41) is 3.00. The molecule has 0 spiro atoms. The molecule has 1 aliphatic rings. The zero-order valence-corrected chi connectivity index (χ0v) is 20.0. The Kier molecular flexibility index (Phi) is 7.65. The van der Waals surface area contributed by atoms with E-state index in [1.54, 1.807) is 53.3 Å². The lowest BCUT2D eigenvalue weighted by atomic mass is 9.95. The predicted octanol–water partition coefficient (Wildman–Crippen LogP) is 5.80. The summed E-state index contributed by atoms with van der Waals surface area (Å²) in [5.74, 6) is -0.196. The number of rotatable bonds is 8. The van der Waals surface area contributed by atoms with Gasteiger partial charge in [0.2, 0.25) is 5.91 Å². The fourth-order valence-electron chi connectivity index (χ4n) is 4.45. The summed E-state index contributed by atoms with van der Waals surface area (Å²) in [6.07, 6.45) is 1.39. The van der Waals surface area contributed by atoms with Crippen molar-refractivity contribution in [1.82, 2.24) is 4.90 Å². The molecule has 3 aromatic carbocycles. The second-order valence-corrected chi connectivity index (χ2v) is 8.55. The highest BCUT2D eigenvalue weighted by Gasteiger charge is 2.30. The Morgan fingerprint density at radius 2 is 1.80 bits per heavy atom. The summed E-state index contributed by atoms with van der Waals surface area (Å²) in [6.45, 7) is 3.21. The summed E-state index contributed by atoms with van der Waals surface area (Å²) >= 11 is 0. The summed E-state index contributed by atoms with van der Waals surface area (Å²) in [6, 6.07) is 21.2. The Morgan fingerprint density at radius 3 is 2.51 bits per heavy atom. The van der Waals surface area contributed by atoms with Crippen molar-refractivity contribution in [2.45, 2.75) is 32.2 Å². The molecule has 182 valence electrons. The molecule has 7 heteroatoms. The van der Waals surface area contributed by atoms with Crippen molar-refractivity contribution in [1.29, 1.82) is 0 Å². The van der Waals surface area contributed by atoms with E-state index in [0.29, 0.717) is 42.2 Å². The Morgan fingerprint density at radius 1 is 1.06 bits per heavy atom. The van der Waals surface area contributed by atoms with E-state index in [2.05, 4.69) is 5.32 Å². The molecule has 4 rings (SSSR count). The summed E-state index contributed by atoms with van der Waals surface area (Å²) in [7, 11) is 1.55. The lowest BCUT2D eigenvalue weighted by molar-refractivity contribution is -0.117. The number of methoxy groups -OCH3 is 1. The number of benzene rings is 3. The van der Waals surface area contributed by atoms with Crippen molar-refractivity contribution in [2.24, 2.45) is 0 Å². The minimum absolute atomic E-state index is 0.110. The smallest absolute Gasteiger partial charge is 0.324 e. The molecule has 3 aromatic rings. The summed E-state index contributed by atoms with van der Waals surface area (Å²) < 4.78 is 19.7. The second-order valence-electron chi connectivity index (χ2n) is 8.55. The van der Waals surface area contributed by atoms with Crippen molar-refractivity contribution in [3.63, 3.8) is 0 Å². The van der Waals surface area contributed by atoms with E-state index in [1.165, 1.54) is 6.07 Å². The minimum Gasteiger partial charge on any atom is -0.495 e. The number of hydrogen-bond donors (Lipinski definition) is 1. The molecule has 35 heavy (non-hydrogen) atoms. The molecule has 1 aliphatic heterocycles. The van der Waals surface area contributed by atoms with Crippen LogP contribution >= 0.6 is 0 Å². The Bertz CT molecular complexity index is 1190. The highest BCUT2D eigenvalue weighted by Crippen LogP contribution is 2.34. The molecule has 6 nitrogen and oxygen atoms in total. The van der Waals surface area contributed by atoms with E-state index in [-0.39, 0.29) is 30.2 Å². The first-order chi connectivity index (χ1) is 17.0. The monoisotopic (exact) mass is 475 g/mol. The third kappa shape index (κ3) is 5.45. The highest BCUT2D eigenvalue weighted by atomic mass is 19.1. The maximum Gasteiger partial charge on any atom is 0.324 e. The highest BCUT2D eigenvalue weighted by molar-refractivity contribution is 5.98. The van der Waals surface area contributed by atoms with Crippen LogP contribution in [0.4, 0.5) is 20.6 Å². The Labute approximate surface area is 205 Å². The number of nitrogens with zero attached hydrogens (tertiary/aromatic N) is 2. The molecule has 1 fully saturated rings. The maximum absolute atomic E-state index is 14.2. The molecule has 1 heterocycles. The van der Waals surface area contributed by atoms with Gasteiger partial charge in [-0.1, -0.05) is 55.5 Å². The zero-order chi connectivity index (χ0) is 24.8. The normalized spacial score (nSPS) is 14.5. The Hall–Kier alpha value is -3.87. The van der Waals surface area contributed by atoms with Gasteiger partial charge < -0.3 is 15.0 Å². The number of ether oxygens (including phenoxy) is 1. The van der Waals surface area contributed by atoms with Crippen LogP contribution in [0.2, 0.25) is 0 Å². The zero-order valence-electron chi connectivity index (χ0n) is 20.0. The molecule has 1 N–H and O–H groups in total. The number of carbonyl (C=O) groups is 2. The first kappa shape index (κ1) is 24.3. The average molecular weight is 476 g/mol. The topological polar surface area (TPSA) is 61.9 Å². The van der Waals surface area contributed by atoms with Gasteiger partial charge in [-0.25, -0.2) is 9.18 Å². The van der Waals surface area contributed by atoms with Gasteiger partial charge >= 0.3 is 6.03 Å². The molecule has 1 saturated heterocycles. The van der Waals surface area contributed by atoms with Crippen molar-refractivity contribution < 1.29 is 18.7 Å². The molecule has 1 atom stereocenters. The molecule has 0 bridgehead atoms. The molecule has 1 unspecified atom stereocenters. The number of urea groups is 1. The van der Waals surface area contributed by atoms with E-state index in [0.717, 1.165) is 12.0 Å². The van der Waals surface area contributed by atoms with Crippen LogP contribution in [0.1, 0.15) is 36.8 Å². The molecule has 0 aromatic heterocycles. The van der Waals surface area contributed by atoms with Crippen LogP contribution in [0.25, 0.3) is 0 Å². The fraction of sp³-hybridized carbons (Fsp3) is 0.286. The molecular weight excluding hydrogens is 445 g/mol. The van der Waals surface area contributed by atoms with Crippen molar-refractivity contribution >= 4 is 23.3 Å². The van der Waals surface area contributed by atoms with Gasteiger partial charge in [0.15, 0.2) is 0 Å². The SMILES string of the molecule is CCC(C(=O)Nc1ccc(OC)c(N2CCCN(Cc3ccccc3F)C2=O)c1)c1ccccc1. The predicted molar refractivity (Wildman–Crippen MR) is 135 cm³/mol. The fourth-order valence-corrected chi connectivity index (χ4v) is 4.45. The van der Waals surface area contributed by atoms with Crippen LogP contribution in [-0.2, 0) is 11.3 Å². The van der Waals surface area contributed by atoms with Gasteiger partial charge in [0, 0.05) is 24.3 Å². The lowest BCUT2D eigenvalue weighted by Crippen LogP contribution is -2.49. The first-order valence-corrected chi connectivity index (χ1v) is 11.9. The maximum atomic E-state index is 14.2. The van der Waals surface area contributed by atoms with Crippen molar-refractivity contribution in [3.8, 4) is 5.75 Å². The third-order valence-corrected chi connectivity index (χ3v) is 6.29. The van der Waals surface area contributed by atoms with Gasteiger partial charge in [0.25, 0.3) is 0 Å². The van der Waals surface area contributed by atoms with Crippen molar-refractivity contribution in [3.05, 3.63) is 89.7 Å². The number of amides is 3. The van der Waals surface area contributed by atoms with Gasteiger partial charge in [-0.3, -0.25) is 9.69 Å². The summed E-state index contributed by atoms with van der Waals surface area (Å²) in [5.41, 5.74) is 2.58. The number of nitrogens with one attached hydrogen (secondary N) is 1. The van der Waals surface area contributed by atoms with Crippen LogP contribution < -0.4 is 15.0 Å². The van der Waals surface area contributed by atoms with Gasteiger partial charge in [0.05, 0.1) is 25.3 Å². The van der Waals surface area contributed by atoms with Crippen LogP contribution in [0, 0.1) is 5.82 Å². The number of carbonyl (C=O) groups excluding carboxylic acids is 2. The number of anilines is 2. The average Bonchev–Trinajstić information content (AvgIpc) is 2.87. The number of hydrogen-bond acceptors (Lipinski definition) is 3. The van der Waals surface area contributed by atoms with E-state index >= 15 is 0 Å². The molecular formula is C28H30FN3O3. The van der Waals surface area contributed by atoms with Gasteiger partial charge in [-0.05, 0) is 42.7 Å². The van der Waals surface area contributed by atoms with Crippen molar-refractivity contribution in [2.75, 3.05) is 30.4 Å². The lowest BCUT2D eigenvalue weighted by Gasteiger charge is -2.36. The molecule has 0 aliphatic carbocycles. The van der Waals surface area contributed by atoms with Gasteiger partial charge in [0.1, 0.15) is 11.6 Å². The Balaban J connectivity index is 1.55.